The van der Waals surface area contributed by atoms with Crippen molar-refractivity contribution in [3.63, 3.8) is 0 Å². The average Bonchev–Trinajstić information content (AvgIpc) is 2.55. The van der Waals surface area contributed by atoms with E-state index in [0.717, 1.165) is 15.9 Å². The highest BCUT2D eigenvalue weighted by Crippen LogP contribution is 2.18. The monoisotopic (exact) mass is 305 g/mol. The lowest BCUT2D eigenvalue weighted by Gasteiger charge is -2.05. The topological polar surface area (TPSA) is 38.3 Å². The van der Waals surface area contributed by atoms with Gasteiger partial charge in [-0.15, -0.1) is 0 Å². The van der Waals surface area contributed by atoms with Gasteiger partial charge in [-0.1, -0.05) is 15.9 Å². The number of anilines is 2. The molecule has 0 bridgehead atoms. The predicted octanol–water partition coefficient (Wildman–Crippen LogP) is 3.56. The van der Waals surface area contributed by atoms with Gasteiger partial charge >= 0.3 is 0 Å². The van der Waals surface area contributed by atoms with Crippen LogP contribution < -0.4 is 15.5 Å². The van der Waals surface area contributed by atoms with Crippen LogP contribution in [0.1, 0.15) is 0 Å². The predicted molar refractivity (Wildman–Crippen MR) is 76.7 cm³/mol. The molecular formula is C14H12BrNO2. The minimum atomic E-state index is -0.0588. The first kappa shape index (κ1) is 12.6. The third kappa shape index (κ3) is 3.11. The molecule has 18 heavy (non-hydrogen) atoms. The molecule has 2 aromatic carbocycles. The lowest BCUT2D eigenvalue weighted by molar-refractivity contribution is 0.415. The zero-order valence-electron chi connectivity index (χ0n) is 9.81. The maximum Gasteiger partial charge on any atom is 0.202 e. The summed E-state index contributed by atoms with van der Waals surface area (Å²) >= 11 is 3.33. The summed E-state index contributed by atoms with van der Waals surface area (Å²) < 4.78 is 5.94. The minimum Gasteiger partial charge on any atom is -0.497 e. The Morgan fingerprint density at radius 2 is 1.67 bits per heavy atom. The first-order chi connectivity index (χ1) is 8.69. The summed E-state index contributed by atoms with van der Waals surface area (Å²) in [5, 5.41) is 3.08. The number of nitrogens with one attached hydrogen (secondary N) is 1. The molecule has 92 valence electrons. The first-order valence-corrected chi connectivity index (χ1v) is 6.19. The molecular weight excluding hydrogens is 294 g/mol. The van der Waals surface area contributed by atoms with Crippen molar-refractivity contribution < 1.29 is 4.74 Å². The molecule has 0 saturated carbocycles. The van der Waals surface area contributed by atoms with E-state index >= 15 is 0 Å². The smallest absolute Gasteiger partial charge is 0.202 e. The van der Waals surface area contributed by atoms with Crippen molar-refractivity contribution in [1.82, 2.24) is 0 Å². The number of ether oxygens (including phenoxy) is 1. The van der Waals surface area contributed by atoms with E-state index in [1.807, 2.05) is 30.3 Å². The van der Waals surface area contributed by atoms with E-state index in [1.54, 1.807) is 19.2 Å². The minimum absolute atomic E-state index is 0.0588. The van der Waals surface area contributed by atoms with Crippen molar-refractivity contribution in [3.05, 3.63) is 63.2 Å². The van der Waals surface area contributed by atoms with Crippen molar-refractivity contribution in [2.45, 2.75) is 0 Å². The van der Waals surface area contributed by atoms with Gasteiger partial charge in [-0.25, -0.2) is 0 Å². The SMILES string of the molecule is COc1ccc(Nc2ccc(Br)ccc2=O)cc1. The van der Waals surface area contributed by atoms with Crippen LogP contribution in [0.25, 0.3) is 0 Å². The third-order valence-corrected chi connectivity index (χ3v) is 2.97. The fraction of sp³-hybridized carbons (Fsp3) is 0.0714. The molecule has 0 aliphatic carbocycles. The Balaban J connectivity index is 2.28. The summed E-state index contributed by atoms with van der Waals surface area (Å²) in [5.41, 5.74) is 1.32. The van der Waals surface area contributed by atoms with Gasteiger partial charge in [0.2, 0.25) is 5.43 Å². The summed E-state index contributed by atoms with van der Waals surface area (Å²) in [6.45, 7) is 0. The van der Waals surface area contributed by atoms with Crippen LogP contribution in [-0.4, -0.2) is 7.11 Å². The second-order valence-electron chi connectivity index (χ2n) is 3.68. The van der Waals surface area contributed by atoms with Gasteiger partial charge in [0, 0.05) is 10.2 Å². The maximum atomic E-state index is 11.8. The molecule has 0 radical (unpaired) electrons. The number of hydrogen-bond donors (Lipinski definition) is 1. The van der Waals surface area contributed by atoms with E-state index in [-0.39, 0.29) is 5.43 Å². The van der Waals surface area contributed by atoms with Crippen molar-refractivity contribution in [2.75, 3.05) is 12.4 Å². The lowest BCUT2D eigenvalue weighted by atomic mass is 10.3. The molecule has 0 aliphatic heterocycles. The number of hydrogen-bond acceptors (Lipinski definition) is 3. The van der Waals surface area contributed by atoms with E-state index in [4.69, 9.17) is 4.74 Å². The fourth-order valence-corrected chi connectivity index (χ4v) is 1.74. The normalized spacial score (nSPS) is 9.89. The lowest BCUT2D eigenvalue weighted by Crippen LogP contribution is -2.03. The summed E-state index contributed by atoms with van der Waals surface area (Å²) in [6.07, 6.45) is 0. The van der Waals surface area contributed by atoms with Gasteiger partial charge in [0.05, 0.1) is 12.8 Å². The molecule has 0 aromatic heterocycles. The highest BCUT2D eigenvalue weighted by Gasteiger charge is 1.99. The molecule has 0 spiro atoms. The second-order valence-corrected chi connectivity index (χ2v) is 4.60. The zero-order valence-corrected chi connectivity index (χ0v) is 11.4. The molecule has 1 N–H and O–H groups in total. The Kier molecular flexibility index (Phi) is 3.99. The van der Waals surface area contributed by atoms with Crippen LogP contribution in [0, 0.1) is 0 Å². The Bertz CT molecular complexity index is 596. The Labute approximate surface area is 114 Å². The zero-order chi connectivity index (χ0) is 13.0. The fourth-order valence-electron chi connectivity index (χ4n) is 1.48. The Morgan fingerprint density at radius 1 is 1.00 bits per heavy atom. The maximum absolute atomic E-state index is 11.8. The number of halogens is 1. The molecule has 3 nitrogen and oxygen atoms in total. The Morgan fingerprint density at radius 3 is 2.33 bits per heavy atom. The molecule has 0 aliphatic rings. The van der Waals surface area contributed by atoms with Crippen molar-refractivity contribution >= 4 is 27.3 Å². The van der Waals surface area contributed by atoms with E-state index in [1.165, 1.54) is 6.07 Å². The molecule has 0 amide bonds. The molecule has 0 unspecified atom stereocenters. The Hall–Kier alpha value is -1.81. The van der Waals surface area contributed by atoms with E-state index < -0.39 is 0 Å². The molecule has 2 rings (SSSR count). The number of methoxy groups -OCH3 is 1. The van der Waals surface area contributed by atoms with Crippen LogP contribution in [0.4, 0.5) is 11.4 Å². The van der Waals surface area contributed by atoms with E-state index in [2.05, 4.69) is 21.2 Å². The average molecular weight is 306 g/mol. The van der Waals surface area contributed by atoms with Gasteiger partial charge in [-0.2, -0.15) is 0 Å². The largest absolute Gasteiger partial charge is 0.497 e. The molecule has 0 saturated heterocycles. The van der Waals surface area contributed by atoms with Crippen LogP contribution in [0.15, 0.2) is 57.8 Å². The van der Waals surface area contributed by atoms with Crippen LogP contribution in [0.5, 0.6) is 5.75 Å². The molecule has 0 fully saturated rings. The van der Waals surface area contributed by atoms with E-state index in [9.17, 15) is 4.79 Å². The molecule has 2 aromatic rings. The number of rotatable bonds is 3. The summed E-state index contributed by atoms with van der Waals surface area (Å²) in [5.74, 6) is 0.782. The van der Waals surface area contributed by atoms with Gasteiger partial charge in [-0.05, 0) is 48.5 Å². The third-order valence-electron chi connectivity index (χ3n) is 2.44. The van der Waals surface area contributed by atoms with Gasteiger partial charge in [-0.3, -0.25) is 4.79 Å². The van der Waals surface area contributed by atoms with Crippen molar-refractivity contribution in [1.29, 1.82) is 0 Å². The van der Waals surface area contributed by atoms with Gasteiger partial charge < -0.3 is 10.1 Å². The second kappa shape index (κ2) is 5.69. The molecule has 4 heteroatoms. The summed E-state index contributed by atoms with van der Waals surface area (Å²) in [7, 11) is 1.62. The quantitative estimate of drug-likeness (QED) is 0.942. The van der Waals surface area contributed by atoms with Crippen molar-refractivity contribution in [3.8, 4) is 5.75 Å². The van der Waals surface area contributed by atoms with Gasteiger partial charge in [0.1, 0.15) is 5.75 Å². The van der Waals surface area contributed by atoms with Gasteiger partial charge in [0.25, 0.3) is 0 Å². The summed E-state index contributed by atoms with van der Waals surface area (Å²) in [6, 6.07) is 14.2. The van der Waals surface area contributed by atoms with Gasteiger partial charge in [0.15, 0.2) is 0 Å². The first-order valence-electron chi connectivity index (χ1n) is 5.40. The molecule has 0 atom stereocenters. The highest BCUT2D eigenvalue weighted by atomic mass is 79.9. The van der Waals surface area contributed by atoms with Crippen molar-refractivity contribution in [2.24, 2.45) is 0 Å². The standard InChI is InChI=1S/C14H12BrNO2/c1-18-12-6-4-11(5-7-12)16-13-8-2-10(15)3-9-14(13)17/h2-9H,1H3,(H,16,17). The van der Waals surface area contributed by atoms with Crippen LogP contribution in [-0.2, 0) is 0 Å². The molecule has 0 heterocycles. The number of benzene rings is 1. The van der Waals surface area contributed by atoms with E-state index in [0.29, 0.717) is 5.69 Å². The van der Waals surface area contributed by atoms with Crippen LogP contribution >= 0.6 is 15.9 Å². The highest BCUT2D eigenvalue weighted by molar-refractivity contribution is 9.10. The van der Waals surface area contributed by atoms with Crippen LogP contribution in [0.3, 0.4) is 0 Å². The van der Waals surface area contributed by atoms with Crippen LogP contribution in [0.2, 0.25) is 0 Å². The summed E-state index contributed by atoms with van der Waals surface area (Å²) in [4.78, 5) is 11.8.